The molecule has 0 saturated carbocycles. The monoisotopic (exact) mass is 361 g/mol. The molecule has 1 atom stereocenters. The summed E-state index contributed by atoms with van der Waals surface area (Å²) in [5, 5.41) is 4.11. The molecule has 134 valence electrons. The van der Waals surface area contributed by atoms with Gasteiger partial charge in [-0.05, 0) is 31.9 Å². The maximum Gasteiger partial charge on any atom is 0.246 e. The lowest BCUT2D eigenvalue weighted by Crippen LogP contribution is -2.34. The fourth-order valence-corrected chi connectivity index (χ4v) is 5.44. The van der Waals surface area contributed by atoms with Crippen molar-refractivity contribution < 1.29 is 8.42 Å². The zero-order valence-electron chi connectivity index (χ0n) is 14.4. The Bertz CT molecular complexity index is 851. The maximum atomic E-state index is 12.9. The zero-order valence-corrected chi connectivity index (χ0v) is 15.2. The Labute approximate surface area is 148 Å². The largest absolute Gasteiger partial charge is 0.370 e. The van der Waals surface area contributed by atoms with Crippen LogP contribution in [0.2, 0.25) is 0 Å². The lowest BCUT2D eigenvalue weighted by Gasteiger charge is -2.25. The summed E-state index contributed by atoms with van der Waals surface area (Å²) in [6, 6.07) is 4.01. The molecule has 2 fully saturated rings. The highest BCUT2D eigenvalue weighted by molar-refractivity contribution is 7.89. The van der Waals surface area contributed by atoms with Gasteiger partial charge in [0.05, 0.1) is 18.1 Å². The van der Waals surface area contributed by atoms with Gasteiger partial charge in [0, 0.05) is 50.5 Å². The van der Waals surface area contributed by atoms with E-state index in [1.165, 1.54) is 6.20 Å². The molecule has 2 saturated heterocycles. The van der Waals surface area contributed by atoms with Gasteiger partial charge in [-0.2, -0.15) is 9.40 Å². The molecule has 4 rings (SSSR count). The molecule has 2 aromatic heterocycles. The molecular formula is C17H23N5O2S. The summed E-state index contributed by atoms with van der Waals surface area (Å²) in [5.41, 5.74) is 1.16. The highest BCUT2D eigenvalue weighted by Crippen LogP contribution is 2.42. The fourth-order valence-electron chi connectivity index (χ4n) is 3.93. The molecule has 0 aliphatic carbocycles. The first-order valence-corrected chi connectivity index (χ1v) is 10.1. The second-order valence-electron chi connectivity index (χ2n) is 7.00. The molecule has 0 amide bonds. The molecule has 2 aliphatic rings. The minimum atomic E-state index is -3.45. The average molecular weight is 361 g/mol. The van der Waals surface area contributed by atoms with Crippen molar-refractivity contribution in [3.05, 3.63) is 36.9 Å². The second kappa shape index (κ2) is 6.10. The minimum absolute atomic E-state index is 0.0453. The quantitative estimate of drug-likeness (QED) is 0.827. The predicted octanol–water partition coefficient (Wildman–Crippen LogP) is 1.59. The number of aromatic nitrogens is 3. The van der Waals surface area contributed by atoms with Crippen LogP contribution in [0.5, 0.6) is 0 Å². The third kappa shape index (κ3) is 2.93. The number of rotatable bonds is 4. The standard InChI is InChI=1S/C17H23N5O2S/c1-2-21-12-16(11-19-21)25(23,24)22-9-6-17(14-22)5-8-20(13-17)15-4-3-7-18-10-15/h3-4,7,10-12H,2,5-6,8-9,13-14H2,1H3. The van der Waals surface area contributed by atoms with Gasteiger partial charge in [-0.25, -0.2) is 8.42 Å². The van der Waals surface area contributed by atoms with Crippen molar-refractivity contribution in [1.82, 2.24) is 19.1 Å². The van der Waals surface area contributed by atoms with Crippen LogP contribution in [-0.4, -0.2) is 53.7 Å². The van der Waals surface area contributed by atoms with Crippen LogP contribution in [0.4, 0.5) is 5.69 Å². The van der Waals surface area contributed by atoms with E-state index < -0.39 is 10.0 Å². The van der Waals surface area contributed by atoms with E-state index in [0.717, 1.165) is 31.6 Å². The lowest BCUT2D eigenvalue weighted by atomic mass is 9.86. The lowest BCUT2D eigenvalue weighted by molar-refractivity contribution is 0.341. The Balaban J connectivity index is 1.50. The van der Waals surface area contributed by atoms with E-state index in [-0.39, 0.29) is 5.41 Å². The number of nitrogens with zero attached hydrogens (tertiary/aromatic N) is 5. The SMILES string of the molecule is CCn1cc(S(=O)(=O)N2CCC3(CCN(c4cccnc4)C3)C2)cn1. The van der Waals surface area contributed by atoms with Crippen molar-refractivity contribution in [2.24, 2.45) is 5.41 Å². The Morgan fingerprint density at radius 3 is 2.76 bits per heavy atom. The van der Waals surface area contributed by atoms with Crippen molar-refractivity contribution in [2.45, 2.75) is 31.2 Å². The number of pyridine rings is 1. The number of sulfonamides is 1. The summed E-state index contributed by atoms with van der Waals surface area (Å²) < 4.78 is 29.1. The van der Waals surface area contributed by atoms with Crippen LogP contribution >= 0.6 is 0 Å². The van der Waals surface area contributed by atoms with Gasteiger partial charge in [0.25, 0.3) is 0 Å². The molecule has 7 nitrogen and oxygen atoms in total. The molecule has 0 aromatic carbocycles. The summed E-state index contributed by atoms with van der Waals surface area (Å²) >= 11 is 0. The molecule has 2 aromatic rings. The first kappa shape index (κ1) is 16.5. The van der Waals surface area contributed by atoms with E-state index in [2.05, 4.69) is 21.0 Å². The van der Waals surface area contributed by atoms with Crippen LogP contribution in [0, 0.1) is 5.41 Å². The first-order valence-electron chi connectivity index (χ1n) is 8.70. The van der Waals surface area contributed by atoms with E-state index in [4.69, 9.17) is 0 Å². The van der Waals surface area contributed by atoms with Crippen molar-refractivity contribution in [1.29, 1.82) is 0 Å². The van der Waals surface area contributed by atoms with Gasteiger partial charge in [0.2, 0.25) is 10.0 Å². The second-order valence-corrected chi connectivity index (χ2v) is 8.94. The molecule has 0 radical (unpaired) electrons. The highest BCUT2D eigenvalue weighted by Gasteiger charge is 2.47. The van der Waals surface area contributed by atoms with E-state index in [1.807, 2.05) is 19.2 Å². The molecule has 1 spiro atoms. The third-order valence-electron chi connectivity index (χ3n) is 5.42. The Morgan fingerprint density at radius 2 is 2.04 bits per heavy atom. The van der Waals surface area contributed by atoms with Gasteiger partial charge < -0.3 is 4.90 Å². The Morgan fingerprint density at radius 1 is 1.20 bits per heavy atom. The van der Waals surface area contributed by atoms with Crippen molar-refractivity contribution in [3.8, 4) is 0 Å². The van der Waals surface area contributed by atoms with E-state index >= 15 is 0 Å². The summed E-state index contributed by atoms with van der Waals surface area (Å²) in [4.78, 5) is 6.81. The van der Waals surface area contributed by atoms with Crippen LogP contribution < -0.4 is 4.90 Å². The van der Waals surface area contributed by atoms with Gasteiger partial charge in [0.1, 0.15) is 4.90 Å². The van der Waals surface area contributed by atoms with Crippen molar-refractivity contribution in [2.75, 3.05) is 31.1 Å². The molecule has 25 heavy (non-hydrogen) atoms. The number of hydrogen-bond acceptors (Lipinski definition) is 5. The van der Waals surface area contributed by atoms with Crippen LogP contribution in [0.1, 0.15) is 19.8 Å². The van der Waals surface area contributed by atoms with Gasteiger partial charge in [-0.1, -0.05) is 0 Å². The van der Waals surface area contributed by atoms with Crippen molar-refractivity contribution >= 4 is 15.7 Å². The molecule has 0 N–H and O–H groups in total. The van der Waals surface area contributed by atoms with Crippen LogP contribution in [0.15, 0.2) is 41.8 Å². The highest BCUT2D eigenvalue weighted by atomic mass is 32.2. The van der Waals surface area contributed by atoms with Gasteiger partial charge in [-0.15, -0.1) is 0 Å². The number of aryl methyl sites for hydroxylation is 1. The smallest absolute Gasteiger partial charge is 0.246 e. The molecule has 4 heterocycles. The summed E-state index contributed by atoms with van der Waals surface area (Å²) in [6.45, 7) is 5.62. The minimum Gasteiger partial charge on any atom is -0.370 e. The van der Waals surface area contributed by atoms with Gasteiger partial charge >= 0.3 is 0 Å². The van der Waals surface area contributed by atoms with E-state index in [0.29, 0.717) is 24.5 Å². The van der Waals surface area contributed by atoms with Crippen molar-refractivity contribution in [3.63, 3.8) is 0 Å². The normalized spacial score (nSPS) is 24.4. The Kier molecular flexibility index (Phi) is 4.04. The first-order chi connectivity index (χ1) is 12.0. The molecule has 2 aliphatic heterocycles. The molecule has 1 unspecified atom stereocenters. The molecule has 0 bridgehead atoms. The number of anilines is 1. The van der Waals surface area contributed by atoms with E-state index in [9.17, 15) is 8.42 Å². The summed E-state index contributed by atoms with van der Waals surface area (Å²) in [6.07, 6.45) is 8.65. The molecule has 8 heteroatoms. The maximum absolute atomic E-state index is 12.9. The topological polar surface area (TPSA) is 71.3 Å². The molecular weight excluding hydrogens is 338 g/mol. The van der Waals surface area contributed by atoms with Crippen LogP contribution in [0.25, 0.3) is 0 Å². The average Bonchev–Trinajstić information content (AvgIpc) is 3.36. The summed E-state index contributed by atoms with van der Waals surface area (Å²) in [7, 11) is -3.45. The fraction of sp³-hybridized carbons (Fsp3) is 0.529. The predicted molar refractivity (Wildman–Crippen MR) is 94.8 cm³/mol. The van der Waals surface area contributed by atoms with E-state index in [1.54, 1.807) is 21.4 Å². The third-order valence-corrected chi connectivity index (χ3v) is 7.22. The van der Waals surface area contributed by atoms with Crippen LogP contribution in [-0.2, 0) is 16.6 Å². The van der Waals surface area contributed by atoms with Crippen LogP contribution in [0.3, 0.4) is 0 Å². The van der Waals surface area contributed by atoms with Gasteiger partial charge in [0.15, 0.2) is 0 Å². The van der Waals surface area contributed by atoms with Gasteiger partial charge in [-0.3, -0.25) is 9.67 Å². The zero-order chi connectivity index (χ0) is 17.5. The Hall–Kier alpha value is -1.93. The number of hydrogen-bond donors (Lipinski definition) is 0. The summed E-state index contributed by atoms with van der Waals surface area (Å²) in [5.74, 6) is 0.